The smallest absolute Gasteiger partial charge is 0.337 e. The standard InChI is InChI=1S/C21H24ClN3O3/c1-28-21(27)17-8-6-16(7-9-17)14-24-10-12-25(13-11-24)15-20(26)23-19-5-3-2-4-18(19)22/h2-9H,10-15H2,1H3,(H,23,26). The second-order valence-corrected chi connectivity index (χ2v) is 7.18. The van der Waals surface area contributed by atoms with Crippen molar-refractivity contribution in [1.82, 2.24) is 9.80 Å². The Morgan fingerprint density at radius 2 is 1.64 bits per heavy atom. The number of amides is 1. The van der Waals surface area contributed by atoms with E-state index in [4.69, 9.17) is 16.3 Å². The van der Waals surface area contributed by atoms with E-state index in [1.54, 1.807) is 24.3 Å². The summed E-state index contributed by atoms with van der Waals surface area (Å²) in [5, 5.41) is 3.40. The van der Waals surface area contributed by atoms with Crippen LogP contribution in [-0.4, -0.2) is 61.5 Å². The van der Waals surface area contributed by atoms with Crippen LogP contribution in [-0.2, 0) is 16.1 Å². The van der Waals surface area contributed by atoms with Gasteiger partial charge in [-0.3, -0.25) is 14.6 Å². The molecule has 148 valence electrons. The number of hydrogen-bond acceptors (Lipinski definition) is 5. The van der Waals surface area contributed by atoms with Gasteiger partial charge in [-0.1, -0.05) is 35.9 Å². The topological polar surface area (TPSA) is 61.9 Å². The summed E-state index contributed by atoms with van der Waals surface area (Å²) in [4.78, 5) is 28.2. The minimum atomic E-state index is -0.324. The molecule has 1 saturated heterocycles. The predicted octanol–water partition coefficient (Wildman–Crippen LogP) is 2.88. The third kappa shape index (κ3) is 5.55. The third-order valence-corrected chi connectivity index (χ3v) is 5.09. The number of piperazine rings is 1. The normalized spacial score (nSPS) is 15.2. The van der Waals surface area contributed by atoms with E-state index in [0.717, 1.165) is 38.3 Å². The van der Waals surface area contributed by atoms with E-state index in [-0.39, 0.29) is 11.9 Å². The van der Waals surface area contributed by atoms with Gasteiger partial charge in [-0.25, -0.2) is 4.79 Å². The first kappa shape index (κ1) is 20.3. The molecule has 28 heavy (non-hydrogen) atoms. The van der Waals surface area contributed by atoms with E-state index < -0.39 is 0 Å². The van der Waals surface area contributed by atoms with Crippen LogP contribution in [0.3, 0.4) is 0 Å². The summed E-state index contributed by atoms with van der Waals surface area (Å²) in [7, 11) is 1.38. The fourth-order valence-electron chi connectivity index (χ4n) is 3.18. The van der Waals surface area contributed by atoms with Gasteiger partial charge >= 0.3 is 5.97 Å². The molecule has 1 heterocycles. The number of nitrogens with one attached hydrogen (secondary N) is 1. The summed E-state index contributed by atoms with van der Waals surface area (Å²) in [6.45, 7) is 4.61. The molecule has 0 unspecified atom stereocenters. The predicted molar refractivity (Wildman–Crippen MR) is 110 cm³/mol. The number of halogens is 1. The molecule has 1 aliphatic rings. The number of esters is 1. The number of nitrogens with zero attached hydrogens (tertiary/aromatic N) is 2. The van der Waals surface area contributed by atoms with Crippen molar-refractivity contribution in [3.63, 3.8) is 0 Å². The van der Waals surface area contributed by atoms with Gasteiger partial charge in [-0.05, 0) is 29.8 Å². The molecular weight excluding hydrogens is 378 g/mol. The highest BCUT2D eigenvalue weighted by atomic mass is 35.5. The van der Waals surface area contributed by atoms with E-state index in [9.17, 15) is 9.59 Å². The molecule has 0 atom stereocenters. The number of para-hydroxylation sites is 1. The maximum Gasteiger partial charge on any atom is 0.337 e. The molecule has 0 radical (unpaired) electrons. The van der Waals surface area contributed by atoms with Crippen molar-refractivity contribution in [3.05, 3.63) is 64.7 Å². The molecule has 0 aromatic heterocycles. The first-order valence-corrected chi connectivity index (χ1v) is 9.59. The molecule has 3 rings (SSSR count). The molecule has 2 aromatic rings. The molecule has 1 aliphatic heterocycles. The second kappa shape index (κ2) is 9.68. The molecule has 1 N–H and O–H groups in total. The molecule has 0 saturated carbocycles. The number of carbonyl (C=O) groups excluding carboxylic acids is 2. The van der Waals surface area contributed by atoms with Crippen LogP contribution in [0.25, 0.3) is 0 Å². The third-order valence-electron chi connectivity index (χ3n) is 4.76. The van der Waals surface area contributed by atoms with Gasteiger partial charge in [-0.15, -0.1) is 0 Å². The Morgan fingerprint density at radius 1 is 1.00 bits per heavy atom. The number of anilines is 1. The van der Waals surface area contributed by atoms with Crippen molar-refractivity contribution in [3.8, 4) is 0 Å². The lowest BCUT2D eigenvalue weighted by Gasteiger charge is -2.34. The highest BCUT2D eigenvalue weighted by Gasteiger charge is 2.19. The number of methoxy groups -OCH3 is 1. The van der Waals surface area contributed by atoms with Crippen LogP contribution in [0.1, 0.15) is 15.9 Å². The maximum absolute atomic E-state index is 12.3. The SMILES string of the molecule is COC(=O)c1ccc(CN2CCN(CC(=O)Nc3ccccc3Cl)CC2)cc1. The lowest BCUT2D eigenvalue weighted by atomic mass is 10.1. The number of rotatable bonds is 6. The Kier molecular flexibility index (Phi) is 7.03. The molecule has 0 bridgehead atoms. The monoisotopic (exact) mass is 401 g/mol. The van der Waals surface area contributed by atoms with Crippen LogP contribution in [0.15, 0.2) is 48.5 Å². The van der Waals surface area contributed by atoms with E-state index in [1.165, 1.54) is 7.11 Å². The van der Waals surface area contributed by atoms with Gasteiger partial charge in [-0.2, -0.15) is 0 Å². The van der Waals surface area contributed by atoms with Gasteiger partial charge in [0.1, 0.15) is 0 Å². The molecule has 6 nitrogen and oxygen atoms in total. The molecular formula is C21H24ClN3O3. The van der Waals surface area contributed by atoms with Crippen LogP contribution in [0.2, 0.25) is 5.02 Å². The average Bonchev–Trinajstić information content (AvgIpc) is 2.71. The van der Waals surface area contributed by atoms with Gasteiger partial charge < -0.3 is 10.1 Å². The summed E-state index contributed by atoms with van der Waals surface area (Å²) in [6, 6.07) is 14.7. The van der Waals surface area contributed by atoms with Crippen molar-refractivity contribution in [2.24, 2.45) is 0 Å². The Morgan fingerprint density at radius 3 is 2.29 bits per heavy atom. The van der Waals surface area contributed by atoms with Crippen molar-refractivity contribution in [2.75, 3.05) is 45.2 Å². The summed E-state index contributed by atoms with van der Waals surface area (Å²) in [5.41, 5.74) is 2.35. The summed E-state index contributed by atoms with van der Waals surface area (Å²) in [6.07, 6.45) is 0. The van der Waals surface area contributed by atoms with Gasteiger partial charge in [0.25, 0.3) is 0 Å². The van der Waals surface area contributed by atoms with E-state index >= 15 is 0 Å². The fourth-order valence-corrected chi connectivity index (χ4v) is 3.37. The Labute approximate surface area is 170 Å². The first-order valence-electron chi connectivity index (χ1n) is 9.21. The van der Waals surface area contributed by atoms with Gasteiger partial charge in [0.2, 0.25) is 5.91 Å². The number of hydrogen-bond donors (Lipinski definition) is 1. The van der Waals surface area contributed by atoms with Crippen molar-refractivity contribution in [2.45, 2.75) is 6.54 Å². The Bertz CT molecular complexity index is 818. The van der Waals surface area contributed by atoms with Crippen LogP contribution < -0.4 is 5.32 Å². The quantitative estimate of drug-likeness (QED) is 0.754. The molecule has 1 fully saturated rings. The molecule has 0 spiro atoms. The fraction of sp³-hybridized carbons (Fsp3) is 0.333. The Balaban J connectivity index is 1.43. The first-order chi connectivity index (χ1) is 13.5. The van der Waals surface area contributed by atoms with Gasteiger partial charge in [0.05, 0.1) is 29.9 Å². The average molecular weight is 402 g/mol. The van der Waals surface area contributed by atoms with Crippen molar-refractivity contribution >= 4 is 29.2 Å². The van der Waals surface area contributed by atoms with Gasteiger partial charge in [0, 0.05) is 32.7 Å². The minimum Gasteiger partial charge on any atom is -0.465 e. The minimum absolute atomic E-state index is 0.0556. The number of ether oxygens (including phenoxy) is 1. The zero-order valence-corrected chi connectivity index (χ0v) is 16.6. The maximum atomic E-state index is 12.3. The largest absolute Gasteiger partial charge is 0.465 e. The highest BCUT2D eigenvalue weighted by Crippen LogP contribution is 2.20. The van der Waals surface area contributed by atoms with E-state index in [2.05, 4.69) is 15.1 Å². The van der Waals surface area contributed by atoms with Crippen LogP contribution >= 0.6 is 11.6 Å². The second-order valence-electron chi connectivity index (χ2n) is 6.77. The zero-order chi connectivity index (χ0) is 19.9. The van der Waals surface area contributed by atoms with E-state index in [1.807, 2.05) is 24.3 Å². The van der Waals surface area contributed by atoms with Crippen molar-refractivity contribution in [1.29, 1.82) is 0 Å². The highest BCUT2D eigenvalue weighted by molar-refractivity contribution is 6.33. The van der Waals surface area contributed by atoms with Crippen LogP contribution in [0.5, 0.6) is 0 Å². The summed E-state index contributed by atoms with van der Waals surface area (Å²) < 4.78 is 4.72. The number of carbonyl (C=O) groups is 2. The molecule has 2 aromatic carbocycles. The van der Waals surface area contributed by atoms with E-state index in [0.29, 0.717) is 22.8 Å². The Hall–Kier alpha value is -2.41. The summed E-state index contributed by atoms with van der Waals surface area (Å²) >= 11 is 6.08. The number of benzene rings is 2. The van der Waals surface area contributed by atoms with Crippen LogP contribution in [0, 0.1) is 0 Å². The lowest BCUT2D eigenvalue weighted by molar-refractivity contribution is -0.117. The lowest BCUT2D eigenvalue weighted by Crippen LogP contribution is -2.48. The molecule has 0 aliphatic carbocycles. The van der Waals surface area contributed by atoms with Crippen LogP contribution in [0.4, 0.5) is 5.69 Å². The molecule has 7 heteroatoms. The van der Waals surface area contributed by atoms with Gasteiger partial charge in [0.15, 0.2) is 0 Å². The van der Waals surface area contributed by atoms with Crippen molar-refractivity contribution < 1.29 is 14.3 Å². The summed E-state index contributed by atoms with van der Waals surface area (Å²) in [5.74, 6) is -0.379. The zero-order valence-electron chi connectivity index (χ0n) is 15.9. The molecule has 1 amide bonds.